The molecule has 1 amide bonds. The lowest BCUT2D eigenvalue weighted by Gasteiger charge is -2.10. The lowest BCUT2D eigenvalue weighted by molar-refractivity contribution is -0.117. The van der Waals surface area contributed by atoms with E-state index in [2.05, 4.69) is 15.1 Å². The molecule has 2 aromatic rings. The van der Waals surface area contributed by atoms with Gasteiger partial charge in [-0.1, -0.05) is 0 Å². The number of amides is 1. The lowest BCUT2D eigenvalue weighted by atomic mass is 10.1. The smallest absolute Gasteiger partial charge is 0.254 e. The van der Waals surface area contributed by atoms with Gasteiger partial charge in [0.1, 0.15) is 0 Å². The van der Waals surface area contributed by atoms with E-state index in [-0.39, 0.29) is 18.4 Å². The van der Waals surface area contributed by atoms with E-state index in [1.165, 1.54) is 4.90 Å². The van der Waals surface area contributed by atoms with E-state index in [4.69, 9.17) is 5.11 Å². The second-order valence-corrected chi connectivity index (χ2v) is 4.92. The van der Waals surface area contributed by atoms with Gasteiger partial charge in [0.15, 0.2) is 0 Å². The third kappa shape index (κ3) is 1.95. The zero-order chi connectivity index (χ0) is 13.6. The number of nitrogens with zero attached hydrogens (tertiary/aromatic N) is 5. The number of rotatable bonds is 2. The van der Waals surface area contributed by atoms with Crippen LogP contribution in [0.3, 0.4) is 0 Å². The number of aliphatic hydroxyl groups is 1. The zero-order valence-corrected chi connectivity index (χ0v) is 10.9. The Morgan fingerprint density at radius 3 is 2.89 bits per heavy atom. The van der Waals surface area contributed by atoms with Crippen LogP contribution in [0.4, 0.5) is 5.95 Å². The molecule has 7 heteroatoms. The highest BCUT2D eigenvalue weighted by Gasteiger charge is 2.32. The molecule has 1 atom stereocenters. The molecule has 3 rings (SSSR count). The number of hydrogen-bond donors (Lipinski definition) is 1. The fraction of sp³-hybridized carbons (Fsp3) is 0.500. The van der Waals surface area contributed by atoms with Crippen molar-refractivity contribution in [3.05, 3.63) is 17.5 Å². The molecule has 19 heavy (non-hydrogen) atoms. The van der Waals surface area contributed by atoms with E-state index in [0.29, 0.717) is 24.7 Å². The molecule has 0 spiro atoms. The SMILES string of the molecule is Cc1cc(C)n2nc(N3CC(CO)CC3=O)nc2n1. The normalized spacial score (nSPS) is 19.6. The Kier molecular flexibility index (Phi) is 2.70. The Balaban J connectivity index is 2.02. The minimum absolute atomic E-state index is 0.00595. The molecule has 100 valence electrons. The topological polar surface area (TPSA) is 83.6 Å². The Morgan fingerprint density at radius 1 is 1.42 bits per heavy atom. The minimum atomic E-state index is -0.0515. The van der Waals surface area contributed by atoms with Crippen LogP contribution in [-0.2, 0) is 4.79 Å². The van der Waals surface area contributed by atoms with Crippen LogP contribution in [-0.4, -0.2) is 43.7 Å². The fourth-order valence-corrected chi connectivity index (χ4v) is 2.37. The summed E-state index contributed by atoms with van der Waals surface area (Å²) in [5.41, 5.74) is 1.79. The van der Waals surface area contributed by atoms with Gasteiger partial charge in [-0.05, 0) is 19.9 Å². The van der Waals surface area contributed by atoms with Gasteiger partial charge in [-0.25, -0.2) is 4.98 Å². The van der Waals surface area contributed by atoms with Crippen LogP contribution in [0.5, 0.6) is 0 Å². The molecule has 3 heterocycles. The molecular weight excluding hydrogens is 246 g/mol. The van der Waals surface area contributed by atoms with Crippen LogP contribution in [0.1, 0.15) is 17.8 Å². The number of carbonyl (C=O) groups excluding carboxylic acids is 1. The summed E-state index contributed by atoms with van der Waals surface area (Å²) in [5.74, 6) is 0.772. The first-order valence-electron chi connectivity index (χ1n) is 6.20. The number of fused-ring (bicyclic) bond motifs is 1. The Hall–Kier alpha value is -2.02. The molecule has 1 saturated heterocycles. The largest absolute Gasteiger partial charge is 0.396 e. The van der Waals surface area contributed by atoms with Crippen molar-refractivity contribution in [3.63, 3.8) is 0 Å². The second kappa shape index (κ2) is 4.27. The highest BCUT2D eigenvalue weighted by atomic mass is 16.3. The molecule has 0 saturated carbocycles. The molecule has 7 nitrogen and oxygen atoms in total. The fourth-order valence-electron chi connectivity index (χ4n) is 2.37. The Labute approximate surface area is 109 Å². The van der Waals surface area contributed by atoms with Crippen molar-refractivity contribution in [2.24, 2.45) is 5.92 Å². The number of hydrogen-bond acceptors (Lipinski definition) is 5. The van der Waals surface area contributed by atoms with E-state index in [1.807, 2.05) is 19.9 Å². The number of anilines is 1. The summed E-state index contributed by atoms with van der Waals surface area (Å²) < 4.78 is 1.63. The third-order valence-electron chi connectivity index (χ3n) is 3.31. The van der Waals surface area contributed by atoms with E-state index in [9.17, 15) is 4.79 Å². The van der Waals surface area contributed by atoms with Gasteiger partial charge in [-0.2, -0.15) is 9.50 Å². The highest BCUT2D eigenvalue weighted by molar-refractivity contribution is 5.94. The molecular formula is C12H15N5O2. The summed E-state index contributed by atoms with van der Waals surface area (Å²) in [6, 6.07) is 1.91. The summed E-state index contributed by atoms with van der Waals surface area (Å²) in [4.78, 5) is 22.0. The van der Waals surface area contributed by atoms with Crippen molar-refractivity contribution < 1.29 is 9.90 Å². The maximum Gasteiger partial charge on any atom is 0.254 e. The van der Waals surface area contributed by atoms with E-state index >= 15 is 0 Å². The maximum atomic E-state index is 11.9. The van der Waals surface area contributed by atoms with Gasteiger partial charge in [0.2, 0.25) is 5.91 Å². The van der Waals surface area contributed by atoms with Crippen LogP contribution in [0.25, 0.3) is 5.78 Å². The molecule has 0 aliphatic carbocycles. The van der Waals surface area contributed by atoms with Gasteiger partial charge < -0.3 is 5.11 Å². The van der Waals surface area contributed by atoms with Crippen molar-refractivity contribution in [2.45, 2.75) is 20.3 Å². The molecule has 1 aliphatic heterocycles. The molecule has 1 unspecified atom stereocenters. The van der Waals surface area contributed by atoms with Gasteiger partial charge in [-0.15, -0.1) is 5.10 Å². The summed E-state index contributed by atoms with van der Waals surface area (Å²) in [6.07, 6.45) is 0.345. The third-order valence-corrected chi connectivity index (χ3v) is 3.31. The molecule has 1 fully saturated rings. The average molecular weight is 261 g/mol. The van der Waals surface area contributed by atoms with Gasteiger partial charge >= 0.3 is 0 Å². The molecule has 0 aromatic carbocycles. The van der Waals surface area contributed by atoms with Crippen LogP contribution >= 0.6 is 0 Å². The van der Waals surface area contributed by atoms with E-state index in [1.54, 1.807) is 4.52 Å². The first-order valence-corrected chi connectivity index (χ1v) is 6.20. The summed E-state index contributed by atoms with van der Waals surface area (Å²) in [6.45, 7) is 4.28. The number of aliphatic hydroxyl groups excluding tert-OH is 1. The monoisotopic (exact) mass is 261 g/mol. The van der Waals surface area contributed by atoms with Gasteiger partial charge in [0.25, 0.3) is 11.7 Å². The van der Waals surface area contributed by atoms with Crippen LogP contribution < -0.4 is 4.90 Å². The molecule has 2 aromatic heterocycles. The second-order valence-electron chi connectivity index (χ2n) is 4.92. The van der Waals surface area contributed by atoms with Gasteiger partial charge in [0.05, 0.1) is 0 Å². The lowest BCUT2D eigenvalue weighted by Crippen LogP contribution is -2.26. The van der Waals surface area contributed by atoms with Crippen molar-refractivity contribution in [1.29, 1.82) is 0 Å². The predicted octanol–water partition coefficient (Wildman–Crippen LogP) is 0.0863. The van der Waals surface area contributed by atoms with Crippen molar-refractivity contribution in [1.82, 2.24) is 19.6 Å². The quantitative estimate of drug-likeness (QED) is 0.828. The number of aryl methyl sites for hydroxylation is 2. The van der Waals surface area contributed by atoms with Crippen molar-refractivity contribution in [2.75, 3.05) is 18.1 Å². The van der Waals surface area contributed by atoms with Gasteiger partial charge in [-0.3, -0.25) is 9.69 Å². The van der Waals surface area contributed by atoms with Crippen molar-refractivity contribution in [3.8, 4) is 0 Å². The predicted molar refractivity (Wildman–Crippen MR) is 67.8 cm³/mol. The maximum absolute atomic E-state index is 11.9. The van der Waals surface area contributed by atoms with E-state index < -0.39 is 0 Å². The van der Waals surface area contributed by atoms with Crippen LogP contribution in [0.2, 0.25) is 0 Å². The summed E-state index contributed by atoms with van der Waals surface area (Å²) in [5, 5.41) is 13.5. The zero-order valence-electron chi connectivity index (χ0n) is 10.9. The van der Waals surface area contributed by atoms with E-state index in [0.717, 1.165) is 11.4 Å². The highest BCUT2D eigenvalue weighted by Crippen LogP contribution is 2.22. The van der Waals surface area contributed by atoms with Crippen LogP contribution in [0, 0.1) is 19.8 Å². The molecule has 0 radical (unpaired) electrons. The summed E-state index contributed by atoms with van der Waals surface area (Å²) >= 11 is 0. The Morgan fingerprint density at radius 2 is 2.21 bits per heavy atom. The average Bonchev–Trinajstić information content (AvgIpc) is 2.92. The molecule has 1 aliphatic rings. The van der Waals surface area contributed by atoms with Gasteiger partial charge in [0, 0.05) is 36.9 Å². The number of aromatic nitrogens is 4. The molecule has 0 bridgehead atoms. The first kappa shape index (κ1) is 12.0. The van der Waals surface area contributed by atoms with Crippen molar-refractivity contribution >= 4 is 17.6 Å². The minimum Gasteiger partial charge on any atom is -0.396 e. The standard InChI is InChI=1S/C12H15N5O2/c1-7-3-8(2)17-11(13-7)14-12(15-17)16-5-9(6-18)4-10(16)19/h3,9,18H,4-6H2,1-2H3. The Bertz CT molecular complexity index is 651. The number of carbonyl (C=O) groups is 1. The van der Waals surface area contributed by atoms with Crippen LogP contribution in [0.15, 0.2) is 6.07 Å². The molecule has 1 N–H and O–H groups in total. The first-order chi connectivity index (χ1) is 9.08. The summed E-state index contributed by atoms with van der Waals surface area (Å²) in [7, 11) is 0.